The van der Waals surface area contributed by atoms with E-state index in [0.717, 1.165) is 31.9 Å². The maximum Gasteiger partial charge on any atom is 0.0723 e. The molecule has 1 fully saturated rings. The summed E-state index contributed by atoms with van der Waals surface area (Å²) < 4.78 is 0. The number of anilines is 2. The highest BCUT2D eigenvalue weighted by Crippen LogP contribution is 2.26. The Bertz CT molecular complexity index is 630. The molecule has 4 nitrogen and oxygen atoms in total. The lowest BCUT2D eigenvalue weighted by molar-refractivity contribution is 0.313. The number of likely N-dealkylation sites (N-methyl/N-ethyl adjacent to an activating group) is 1. The third-order valence-corrected chi connectivity index (χ3v) is 4.27. The van der Waals surface area contributed by atoms with Gasteiger partial charge in [0.15, 0.2) is 0 Å². The maximum atomic E-state index is 4.56. The Morgan fingerprint density at radius 1 is 1.00 bits per heavy atom. The Morgan fingerprint density at radius 3 is 2.50 bits per heavy atom. The molecule has 116 valence electrons. The fourth-order valence-corrected chi connectivity index (χ4v) is 2.78. The van der Waals surface area contributed by atoms with Gasteiger partial charge in [-0.2, -0.15) is 0 Å². The Morgan fingerprint density at radius 2 is 1.77 bits per heavy atom. The quantitative estimate of drug-likeness (QED) is 0.868. The third-order valence-electron chi connectivity index (χ3n) is 4.27. The van der Waals surface area contributed by atoms with Crippen LogP contribution in [0, 0.1) is 0 Å². The molecule has 1 aliphatic heterocycles. The summed E-state index contributed by atoms with van der Waals surface area (Å²) in [7, 11) is 6.31. The Kier molecular flexibility index (Phi) is 4.29. The summed E-state index contributed by atoms with van der Waals surface area (Å²) in [6.07, 6.45) is 1.92. The van der Waals surface area contributed by atoms with Crippen molar-refractivity contribution in [3.8, 4) is 11.3 Å². The standard InChI is InChI=1S/C18H24N4/c1-20(2)16-6-4-5-15(13-16)18-14-17(7-8-19-18)22-11-9-21(3)10-12-22/h4-8,13-14H,9-12H2,1-3H3. The highest BCUT2D eigenvalue weighted by Gasteiger charge is 2.15. The van der Waals surface area contributed by atoms with Crippen molar-refractivity contribution in [3.05, 3.63) is 42.6 Å². The minimum absolute atomic E-state index is 1.04. The summed E-state index contributed by atoms with van der Waals surface area (Å²) in [5.74, 6) is 0. The SMILES string of the molecule is CN1CCN(c2ccnc(-c3cccc(N(C)C)c3)c2)CC1. The summed E-state index contributed by atoms with van der Waals surface area (Å²) in [6.45, 7) is 4.40. The lowest BCUT2D eigenvalue weighted by Gasteiger charge is -2.34. The van der Waals surface area contributed by atoms with Gasteiger partial charge in [0.2, 0.25) is 0 Å². The number of hydrogen-bond donors (Lipinski definition) is 0. The number of pyridine rings is 1. The highest BCUT2D eigenvalue weighted by molar-refractivity contribution is 5.68. The molecule has 1 aliphatic rings. The van der Waals surface area contributed by atoms with E-state index in [2.05, 4.69) is 77.2 Å². The third kappa shape index (κ3) is 3.22. The van der Waals surface area contributed by atoms with Crippen LogP contribution in [0.25, 0.3) is 11.3 Å². The van der Waals surface area contributed by atoms with Crippen LogP contribution in [0.1, 0.15) is 0 Å². The van der Waals surface area contributed by atoms with E-state index >= 15 is 0 Å². The lowest BCUT2D eigenvalue weighted by atomic mass is 10.1. The summed E-state index contributed by atoms with van der Waals surface area (Å²) >= 11 is 0. The van der Waals surface area contributed by atoms with Crippen LogP contribution in [0.3, 0.4) is 0 Å². The zero-order valence-corrected chi connectivity index (χ0v) is 13.7. The smallest absolute Gasteiger partial charge is 0.0723 e. The Balaban J connectivity index is 1.86. The van der Waals surface area contributed by atoms with Gasteiger partial charge in [-0.25, -0.2) is 0 Å². The molecule has 0 saturated carbocycles. The zero-order valence-electron chi connectivity index (χ0n) is 13.7. The van der Waals surface area contributed by atoms with Crippen molar-refractivity contribution < 1.29 is 0 Å². The second kappa shape index (κ2) is 6.36. The van der Waals surface area contributed by atoms with Gasteiger partial charge < -0.3 is 14.7 Å². The number of benzene rings is 1. The van der Waals surface area contributed by atoms with Gasteiger partial charge in [0.05, 0.1) is 5.69 Å². The molecule has 22 heavy (non-hydrogen) atoms. The molecular weight excluding hydrogens is 272 g/mol. The van der Waals surface area contributed by atoms with E-state index in [1.165, 1.54) is 16.9 Å². The van der Waals surface area contributed by atoms with Crippen molar-refractivity contribution >= 4 is 11.4 Å². The van der Waals surface area contributed by atoms with Crippen LogP contribution in [-0.4, -0.2) is 57.2 Å². The van der Waals surface area contributed by atoms with E-state index in [9.17, 15) is 0 Å². The van der Waals surface area contributed by atoms with Crippen molar-refractivity contribution in [2.45, 2.75) is 0 Å². The summed E-state index contributed by atoms with van der Waals surface area (Å²) in [6, 6.07) is 12.9. The average molecular weight is 296 g/mol. The van der Waals surface area contributed by atoms with Gasteiger partial charge in [-0.1, -0.05) is 12.1 Å². The molecule has 0 N–H and O–H groups in total. The monoisotopic (exact) mass is 296 g/mol. The first kappa shape index (κ1) is 14.9. The molecule has 1 saturated heterocycles. The molecular formula is C18H24N4. The molecule has 2 aromatic rings. The van der Waals surface area contributed by atoms with Crippen LogP contribution < -0.4 is 9.80 Å². The fraction of sp³-hybridized carbons (Fsp3) is 0.389. The molecule has 0 amide bonds. The van der Waals surface area contributed by atoms with E-state index in [4.69, 9.17) is 0 Å². The van der Waals surface area contributed by atoms with Crippen molar-refractivity contribution in [3.63, 3.8) is 0 Å². The van der Waals surface area contributed by atoms with Crippen LogP contribution in [0.5, 0.6) is 0 Å². The molecule has 3 rings (SSSR count). The number of aromatic nitrogens is 1. The Labute approximate surface area is 133 Å². The van der Waals surface area contributed by atoms with Crippen LogP contribution in [-0.2, 0) is 0 Å². The fourth-order valence-electron chi connectivity index (χ4n) is 2.78. The average Bonchev–Trinajstić information content (AvgIpc) is 2.56. The van der Waals surface area contributed by atoms with E-state index < -0.39 is 0 Å². The lowest BCUT2D eigenvalue weighted by Crippen LogP contribution is -2.44. The molecule has 0 atom stereocenters. The number of nitrogens with zero attached hydrogens (tertiary/aromatic N) is 4. The summed E-state index contributed by atoms with van der Waals surface area (Å²) in [4.78, 5) is 11.5. The first-order valence-electron chi connectivity index (χ1n) is 7.81. The van der Waals surface area contributed by atoms with Crippen molar-refractivity contribution in [2.24, 2.45) is 0 Å². The topological polar surface area (TPSA) is 22.6 Å². The van der Waals surface area contributed by atoms with E-state index in [1.54, 1.807) is 0 Å². The van der Waals surface area contributed by atoms with Crippen LogP contribution in [0.4, 0.5) is 11.4 Å². The van der Waals surface area contributed by atoms with Crippen molar-refractivity contribution in [1.29, 1.82) is 0 Å². The zero-order chi connectivity index (χ0) is 15.5. The van der Waals surface area contributed by atoms with Gasteiger partial charge in [0.1, 0.15) is 0 Å². The van der Waals surface area contributed by atoms with Crippen LogP contribution in [0.15, 0.2) is 42.6 Å². The maximum absolute atomic E-state index is 4.56. The highest BCUT2D eigenvalue weighted by atomic mass is 15.2. The van der Waals surface area contributed by atoms with E-state index in [-0.39, 0.29) is 0 Å². The predicted octanol–water partition coefficient (Wildman–Crippen LogP) is 2.57. The minimum Gasteiger partial charge on any atom is -0.378 e. The molecule has 0 radical (unpaired) electrons. The van der Waals surface area contributed by atoms with Gasteiger partial charge in [-0.15, -0.1) is 0 Å². The first-order chi connectivity index (χ1) is 10.6. The predicted molar refractivity (Wildman–Crippen MR) is 93.7 cm³/mol. The Hall–Kier alpha value is -2.07. The molecule has 0 unspecified atom stereocenters. The molecule has 0 bridgehead atoms. The second-order valence-electron chi connectivity index (χ2n) is 6.13. The van der Waals surface area contributed by atoms with E-state index in [0.29, 0.717) is 0 Å². The first-order valence-corrected chi connectivity index (χ1v) is 7.81. The van der Waals surface area contributed by atoms with Crippen LogP contribution in [0.2, 0.25) is 0 Å². The van der Waals surface area contributed by atoms with Gasteiger partial charge in [-0.05, 0) is 31.3 Å². The molecule has 1 aromatic heterocycles. The number of hydrogen-bond acceptors (Lipinski definition) is 4. The normalized spacial score (nSPS) is 15.9. The van der Waals surface area contributed by atoms with Gasteiger partial charge >= 0.3 is 0 Å². The van der Waals surface area contributed by atoms with Crippen LogP contribution >= 0.6 is 0 Å². The number of rotatable bonds is 3. The van der Waals surface area contributed by atoms with Crippen molar-refractivity contribution in [1.82, 2.24) is 9.88 Å². The van der Waals surface area contributed by atoms with Gasteiger partial charge in [0, 0.05) is 63.4 Å². The summed E-state index contributed by atoms with van der Waals surface area (Å²) in [5.41, 5.74) is 4.68. The molecule has 0 aliphatic carbocycles. The molecule has 0 spiro atoms. The minimum atomic E-state index is 1.04. The van der Waals surface area contributed by atoms with E-state index in [1.807, 2.05) is 6.20 Å². The number of piperazine rings is 1. The van der Waals surface area contributed by atoms with Gasteiger partial charge in [-0.3, -0.25) is 4.98 Å². The molecule has 1 aromatic carbocycles. The molecule has 4 heteroatoms. The summed E-state index contributed by atoms with van der Waals surface area (Å²) in [5, 5.41) is 0. The largest absolute Gasteiger partial charge is 0.378 e. The molecule has 2 heterocycles. The van der Waals surface area contributed by atoms with Gasteiger partial charge in [0.25, 0.3) is 0 Å². The van der Waals surface area contributed by atoms with Crippen molar-refractivity contribution in [2.75, 3.05) is 57.1 Å². The second-order valence-corrected chi connectivity index (χ2v) is 6.13.